The third-order valence-corrected chi connectivity index (χ3v) is 4.75. The Labute approximate surface area is 138 Å². The van der Waals surface area contributed by atoms with Gasteiger partial charge in [0.15, 0.2) is 0 Å². The fraction of sp³-hybridized carbons (Fsp3) is 0.375. The molecule has 0 atom stereocenters. The Balaban J connectivity index is 1.69. The Morgan fingerprint density at radius 3 is 2.70 bits per heavy atom. The summed E-state index contributed by atoms with van der Waals surface area (Å²) in [4.78, 5) is 43.8. The molecule has 1 aromatic heterocycles. The van der Waals surface area contributed by atoms with Crippen LogP contribution in [0, 0.1) is 0 Å². The van der Waals surface area contributed by atoms with Gasteiger partial charge < -0.3 is 4.90 Å². The summed E-state index contributed by atoms with van der Waals surface area (Å²) in [5.74, 6) is -0.581. The Morgan fingerprint density at radius 2 is 2.00 bits per heavy atom. The van der Waals surface area contributed by atoms with Crippen LogP contribution in [0.1, 0.15) is 25.0 Å². The van der Waals surface area contributed by atoms with Crippen LogP contribution in [0.3, 0.4) is 0 Å². The number of piperidine rings is 1. The molecule has 2 fully saturated rings. The van der Waals surface area contributed by atoms with E-state index in [2.05, 4.69) is 4.98 Å². The Bertz CT molecular complexity index is 654. The highest BCUT2D eigenvalue weighted by Crippen LogP contribution is 2.31. The van der Waals surface area contributed by atoms with Gasteiger partial charge in [0.05, 0.1) is 10.6 Å². The zero-order chi connectivity index (χ0) is 16.2. The van der Waals surface area contributed by atoms with Gasteiger partial charge in [-0.2, -0.15) is 0 Å². The first-order chi connectivity index (χ1) is 11.1. The van der Waals surface area contributed by atoms with E-state index in [-0.39, 0.29) is 12.5 Å². The highest BCUT2D eigenvalue weighted by Gasteiger charge is 2.37. The van der Waals surface area contributed by atoms with Crippen LogP contribution in [-0.4, -0.2) is 51.5 Å². The summed E-state index contributed by atoms with van der Waals surface area (Å²) in [5.41, 5.74) is 0.611. The summed E-state index contributed by atoms with van der Waals surface area (Å²) in [6.07, 6.45) is 6.28. The molecule has 0 saturated carbocycles. The average Bonchev–Trinajstić information content (AvgIpc) is 2.84. The smallest absolute Gasteiger partial charge is 0.294 e. The van der Waals surface area contributed by atoms with Crippen molar-refractivity contribution in [2.75, 3.05) is 19.6 Å². The first kappa shape index (κ1) is 15.7. The van der Waals surface area contributed by atoms with Crippen molar-refractivity contribution in [2.24, 2.45) is 0 Å². The van der Waals surface area contributed by atoms with E-state index in [0.29, 0.717) is 23.7 Å². The molecule has 0 aromatic carbocycles. The van der Waals surface area contributed by atoms with Gasteiger partial charge in [-0.1, -0.05) is 6.07 Å². The van der Waals surface area contributed by atoms with Gasteiger partial charge in [0.2, 0.25) is 5.91 Å². The number of carbonyl (C=O) groups is 3. The van der Waals surface area contributed by atoms with Crippen LogP contribution in [0.4, 0.5) is 4.79 Å². The molecular weight excluding hydrogens is 314 g/mol. The summed E-state index contributed by atoms with van der Waals surface area (Å²) >= 11 is 0.853. The van der Waals surface area contributed by atoms with Gasteiger partial charge in [0, 0.05) is 19.3 Å². The van der Waals surface area contributed by atoms with Crippen LogP contribution in [-0.2, 0) is 9.59 Å². The molecule has 3 heterocycles. The van der Waals surface area contributed by atoms with E-state index < -0.39 is 11.1 Å². The van der Waals surface area contributed by atoms with Crippen molar-refractivity contribution >= 4 is 34.9 Å². The van der Waals surface area contributed by atoms with Crippen LogP contribution in [0.2, 0.25) is 0 Å². The fourth-order valence-corrected chi connectivity index (χ4v) is 3.43. The molecule has 3 rings (SSSR count). The molecule has 120 valence electrons. The molecule has 2 aliphatic heterocycles. The van der Waals surface area contributed by atoms with Crippen molar-refractivity contribution in [3.8, 4) is 0 Å². The quantitative estimate of drug-likeness (QED) is 0.794. The third kappa shape index (κ3) is 3.61. The number of aromatic nitrogens is 1. The van der Waals surface area contributed by atoms with E-state index in [0.717, 1.165) is 35.9 Å². The molecule has 0 unspecified atom stereocenters. The van der Waals surface area contributed by atoms with E-state index >= 15 is 0 Å². The maximum Gasteiger partial charge on any atom is 0.294 e. The monoisotopic (exact) mass is 331 g/mol. The normalized spacial score (nSPS) is 20.4. The average molecular weight is 331 g/mol. The van der Waals surface area contributed by atoms with E-state index in [1.807, 2.05) is 6.07 Å². The summed E-state index contributed by atoms with van der Waals surface area (Å²) in [6, 6.07) is 5.34. The van der Waals surface area contributed by atoms with Crippen LogP contribution in [0.5, 0.6) is 0 Å². The van der Waals surface area contributed by atoms with Gasteiger partial charge >= 0.3 is 0 Å². The summed E-state index contributed by atoms with van der Waals surface area (Å²) in [6.45, 7) is 1.24. The first-order valence-corrected chi connectivity index (χ1v) is 8.41. The van der Waals surface area contributed by atoms with E-state index in [1.165, 1.54) is 0 Å². The number of carbonyl (C=O) groups excluding carboxylic acids is 3. The van der Waals surface area contributed by atoms with Crippen molar-refractivity contribution in [2.45, 2.75) is 19.3 Å². The SMILES string of the molecule is O=C(CN1C(=O)S/C(=C\c2ccccn2)C1=O)N1CCCCC1. The molecule has 3 amide bonds. The minimum atomic E-state index is -0.420. The number of hydrogen-bond acceptors (Lipinski definition) is 5. The predicted octanol–water partition coefficient (Wildman–Crippen LogP) is 2.13. The summed E-state index contributed by atoms with van der Waals surface area (Å²) < 4.78 is 0. The number of imide groups is 1. The number of pyridine rings is 1. The number of hydrogen-bond donors (Lipinski definition) is 0. The minimum Gasteiger partial charge on any atom is -0.341 e. The van der Waals surface area contributed by atoms with Crippen LogP contribution < -0.4 is 0 Å². The number of likely N-dealkylation sites (tertiary alicyclic amines) is 1. The van der Waals surface area contributed by atoms with Crippen molar-refractivity contribution < 1.29 is 14.4 Å². The van der Waals surface area contributed by atoms with E-state index in [9.17, 15) is 14.4 Å². The molecule has 2 saturated heterocycles. The molecule has 23 heavy (non-hydrogen) atoms. The van der Waals surface area contributed by atoms with Crippen LogP contribution >= 0.6 is 11.8 Å². The van der Waals surface area contributed by atoms with Crippen LogP contribution in [0.25, 0.3) is 6.08 Å². The Hall–Kier alpha value is -2.15. The molecule has 0 radical (unpaired) electrons. The second-order valence-corrected chi connectivity index (χ2v) is 6.46. The standard InChI is InChI=1S/C16H17N3O3S/c20-14(18-8-4-1-5-9-18)11-19-15(21)13(23-16(19)22)10-12-6-2-3-7-17-12/h2-3,6-7,10H,1,4-5,8-9,11H2/b13-10-. The lowest BCUT2D eigenvalue weighted by molar-refractivity contribution is -0.136. The fourth-order valence-electron chi connectivity index (χ4n) is 2.61. The summed E-state index contributed by atoms with van der Waals surface area (Å²) in [7, 11) is 0. The Kier molecular flexibility index (Phi) is 4.76. The molecule has 7 heteroatoms. The van der Waals surface area contributed by atoms with Gasteiger partial charge in [-0.05, 0) is 49.2 Å². The van der Waals surface area contributed by atoms with Gasteiger partial charge in [0.25, 0.3) is 11.1 Å². The van der Waals surface area contributed by atoms with Crippen molar-refractivity contribution in [3.05, 3.63) is 35.0 Å². The predicted molar refractivity (Wildman–Crippen MR) is 87.3 cm³/mol. The molecular formula is C16H17N3O3S. The lowest BCUT2D eigenvalue weighted by atomic mass is 10.1. The van der Waals surface area contributed by atoms with Crippen LogP contribution in [0.15, 0.2) is 29.3 Å². The van der Waals surface area contributed by atoms with Gasteiger partial charge in [-0.15, -0.1) is 0 Å². The second-order valence-electron chi connectivity index (χ2n) is 5.46. The van der Waals surface area contributed by atoms with E-state index in [1.54, 1.807) is 29.3 Å². The number of nitrogens with zero attached hydrogens (tertiary/aromatic N) is 3. The highest BCUT2D eigenvalue weighted by atomic mass is 32.2. The van der Waals surface area contributed by atoms with Crippen molar-refractivity contribution in [1.29, 1.82) is 0 Å². The van der Waals surface area contributed by atoms with Gasteiger partial charge in [0.1, 0.15) is 6.54 Å². The maximum absolute atomic E-state index is 12.4. The summed E-state index contributed by atoms with van der Waals surface area (Å²) in [5, 5.41) is -0.400. The largest absolute Gasteiger partial charge is 0.341 e. The van der Waals surface area contributed by atoms with Crippen molar-refractivity contribution in [3.63, 3.8) is 0 Å². The van der Waals surface area contributed by atoms with Gasteiger partial charge in [-0.25, -0.2) is 0 Å². The maximum atomic E-state index is 12.4. The zero-order valence-electron chi connectivity index (χ0n) is 12.6. The topological polar surface area (TPSA) is 70.6 Å². The molecule has 6 nitrogen and oxygen atoms in total. The lowest BCUT2D eigenvalue weighted by Gasteiger charge is -2.27. The zero-order valence-corrected chi connectivity index (χ0v) is 13.4. The molecule has 0 spiro atoms. The van der Waals surface area contributed by atoms with E-state index in [4.69, 9.17) is 0 Å². The highest BCUT2D eigenvalue weighted by molar-refractivity contribution is 8.18. The molecule has 1 aromatic rings. The number of amides is 3. The number of rotatable bonds is 3. The third-order valence-electron chi connectivity index (χ3n) is 3.84. The first-order valence-electron chi connectivity index (χ1n) is 7.59. The van der Waals surface area contributed by atoms with Crippen molar-refractivity contribution in [1.82, 2.24) is 14.8 Å². The minimum absolute atomic E-state index is 0.161. The van der Waals surface area contributed by atoms with Gasteiger partial charge in [-0.3, -0.25) is 24.3 Å². The second kappa shape index (κ2) is 6.95. The molecule has 2 aliphatic rings. The molecule has 0 bridgehead atoms. The molecule has 0 aliphatic carbocycles. The Morgan fingerprint density at radius 1 is 1.22 bits per heavy atom. The molecule has 0 N–H and O–H groups in total. The lowest BCUT2D eigenvalue weighted by Crippen LogP contribution is -2.44. The number of thioether (sulfide) groups is 1.